The number of carbonyl (C=O) groups is 1. The summed E-state index contributed by atoms with van der Waals surface area (Å²) < 4.78 is 13.8. The molecule has 0 N–H and O–H groups in total. The second-order valence-electron chi connectivity index (χ2n) is 11.8. The van der Waals surface area contributed by atoms with Crippen LogP contribution >= 0.6 is 0 Å². The number of nitrogens with zero attached hydrogens (tertiary/aromatic N) is 2. The maximum absolute atomic E-state index is 13.5. The topological polar surface area (TPSA) is 42.7 Å². The van der Waals surface area contributed by atoms with Crippen molar-refractivity contribution >= 4 is 5.91 Å². The second-order valence-corrected chi connectivity index (χ2v) is 11.8. The molecule has 0 radical (unpaired) electrons. The maximum atomic E-state index is 13.5. The van der Waals surface area contributed by atoms with Crippen molar-refractivity contribution in [1.29, 1.82) is 0 Å². The van der Waals surface area contributed by atoms with Gasteiger partial charge in [0.1, 0.15) is 7.05 Å². The van der Waals surface area contributed by atoms with Gasteiger partial charge in [0.25, 0.3) is 5.91 Å². The van der Waals surface area contributed by atoms with Crippen LogP contribution in [0.4, 0.5) is 0 Å². The van der Waals surface area contributed by atoms with Crippen molar-refractivity contribution in [1.82, 2.24) is 4.90 Å². The quantitative estimate of drug-likeness (QED) is 0.0869. The van der Waals surface area contributed by atoms with E-state index in [0.29, 0.717) is 31.0 Å². The first kappa shape index (κ1) is 34.2. The Morgan fingerprint density at radius 3 is 1.81 bits per heavy atom. The highest BCUT2D eigenvalue weighted by atomic mass is 16.5. The van der Waals surface area contributed by atoms with Gasteiger partial charge in [-0.25, -0.2) is 4.57 Å². The lowest BCUT2D eigenvalue weighted by molar-refractivity contribution is -0.671. The fourth-order valence-corrected chi connectivity index (χ4v) is 5.45. The molecule has 0 atom stereocenters. The van der Waals surface area contributed by atoms with Gasteiger partial charge in [-0.3, -0.25) is 4.79 Å². The lowest BCUT2D eigenvalue weighted by Gasteiger charge is -2.23. The average molecular weight is 588 g/mol. The highest BCUT2D eigenvalue weighted by Crippen LogP contribution is 2.29. The molecule has 1 heterocycles. The van der Waals surface area contributed by atoms with Crippen LogP contribution in [-0.2, 0) is 20.1 Å². The zero-order valence-corrected chi connectivity index (χ0v) is 27.1. The van der Waals surface area contributed by atoms with Crippen LogP contribution in [0.15, 0.2) is 73.1 Å². The first-order valence-electron chi connectivity index (χ1n) is 16.7. The Balaban J connectivity index is 1.41. The Morgan fingerprint density at radius 2 is 1.23 bits per heavy atom. The summed E-state index contributed by atoms with van der Waals surface area (Å²) in [6, 6.07) is 19.6. The van der Waals surface area contributed by atoms with Crippen molar-refractivity contribution in [3.05, 3.63) is 89.7 Å². The van der Waals surface area contributed by atoms with E-state index in [2.05, 4.69) is 19.1 Å². The van der Waals surface area contributed by atoms with E-state index in [9.17, 15) is 4.79 Å². The Bertz CT molecular complexity index is 1160. The van der Waals surface area contributed by atoms with Gasteiger partial charge >= 0.3 is 0 Å². The summed E-state index contributed by atoms with van der Waals surface area (Å²) >= 11 is 0. The van der Waals surface area contributed by atoms with Crippen molar-refractivity contribution in [2.24, 2.45) is 7.05 Å². The standard InChI is InChI=1S/C38H55N2O3/c1-4-5-6-7-8-9-10-11-12-13-14-15-16-20-29-43-36-24-23-34(30-37(36)42-3)32-40(31-33-25-27-39(2)28-26-33)38(41)35-21-18-17-19-22-35/h17-19,21-28,30H,4-16,20,29,31-32H2,1-3H3/q+1. The molecule has 234 valence electrons. The third-order valence-electron chi connectivity index (χ3n) is 8.09. The minimum absolute atomic E-state index is 0.00549. The van der Waals surface area contributed by atoms with Gasteiger partial charge in [0, 0.05) is 30.8 Å². The lowest BCUT2D eigenvalue weighted by Crippen LogP contribution is -2.31. The molecule has 0 saturated carbocycles. The molecule has 43 heavy (non-hydrogen) atoms. The van der Waals surface area contributed by atoms with Gasteiger partial charge in [-0.2, -0.15) is 0 Å². The molecule has 1 aromatic heterocycles. The zero-order valence-electron chi connectivity index (χ0n) is 27.1. The molecule has 0 aliphatic carbocycles. The van der Waals surface area contributed by atoms with Crippen LogP contribution in [0.1, 0.15) is 118 Å². The Morgan fingerprint density at radius 1 is 0.674 bits per heavy atom. The monoisotopic (exact) mass is 587 g/mol. The molecule has 0 spiro atoms. The number of aryl methyl sites for hydroxylation is 1. The normalized spacial score (nSPS) is 11.0. The third-order valence-corrected chi connectivity index (χ3v) is 8.09. The van der Waals surface area contributed by atoms with Crippen LogP contribution in [0.3, 0.4) is 0 Å². The van der Waals surface area contributed by atoms with Crippen molar-refractivity contribution < 1.29 is 18.8 Å². The molecule has 0 aliphatic heterocycles. The molecule has 5 nitrogen and oxygen atoms in total. The number of benzene rings is 2. The minimum atomic E-state index is 0.00549. The van der Waals surface area contributed by atoms with E-state index in [0.717, 1.165) is 23.3 Å². The zero-order chi connectivity index (χ0) is 30.5. The van der Waals surface area contributed by atoms with Crippen LogP contribution in [0, 0.1) is 0 Å². The Labute approximate surface area is 261 Å². The fraction of sp³-hybridized carbons (Fsp3) is 0.526. The summed E-state index contributed by atoms with van der Waals surface area (Å²) in [4.78, 5) is 15.4. The van der Waals surface area contributed by atoms with Gasteiger partial charge < -0.3 is 14.4 Å². The predicted octanol–water partition coefficient (Wildman–Crippen LogP) is 9.22. The van der Waals surface area contributed by atoms with E-state index >= 15 is 0 Å². The van der Waals surface area contributed by atoms with E-state index < -0.39 is 0 Å². The predicted molar refractivity (Wildman–Crippen MR) is 176 cm³/mol. The number of pyridine rings is 1. The third kappa shape index (κ3) is 13.2. The van der Waals surface area contributed by atoms with Gasteiger partial charge in [-0.05, 0) is 41.8 Å². The molecular formula is C38H55N2O3+. The summed E-state index contributed by atoms with van der Waals surface area (Å²) in [5.41, 5.74) is 2.78. The Kier molecular flexibility index (Phi) is 16.3. The minimum Gasteiger partial charge on any atom is -0.493 e. The highest BCUT2D eigenvalue weighted by Gasteiger charge is 2.18. The van der Waals surface area contributed by atoms with Gasteiger partial charge in [-0.1, -0.05) is 115 Å². The molecule has 5 heteroatoms. The van der Waals surface area contributed by atoms with Crippen LogP contribution < -0.4 is 14.0 Å². The van der Waals surface area contributed by atoms with Crippen molar-refractivity contribution in [2.45, 2.75) is 110 Å². The van der Waals surface area contributed by atoms with Crippen LogP contribution in [0.25, 0.3) is 0 Å². The summed E-state index contributed by atoms with van der Waals surface area (Å²) in [5.74, 6) is 1.48. The average Bonchev–Trinajstić information content (AvgIpc) is 3.04. The Hall–Kier alpha value is -3.34. The first-order chi connectivity index (χ1) is 21.1. The van der Waals surface area contributed by atoms with E-state index in [4.69, 9.17) is 9.47 Å². The summed E-state index contributed by atoms with van der Waals surface area (Å²) in [5, 5.41) is 0. The largest absolute Gasteiger partial charge is 0.493 e. The number of hydrogen-bond acceptors (Lipinski definition) is 3. The number of amides is 1. The lowest BCUT2D eigenvalue weighted by atomic mass is 10.0. The van der Waals surface area contributed by atoms with E-state index in [1.165, 1.54) is 83.5 Å². The fourth-order valence-electron chi connectivity index (χ4n) is 5.45. The van der Waals surface area contributed by atoms with Gasteiger partial charge in [-0.15, -0.1) is 0 Å². The number of methoxy groups -OCH3 is 1. The second kappa shape index (κ2) is 20.5. The number of ether oxygens (including phenoxy) is 2. The van der Waals surface area contributed by atoms with Crippen LogP contribution in [0.5, 0.6) is 11.5 Å². The number of aromatic nitrogens is 1. The van der Waals surface area contributed by atoms with Crippen molar-refractivity contribution in [2.75, 3.05) is 13.7 Å². The molecule has 0 fully saturated rings. The SMILES string of the molecule is CCCCCCCCCCCCCCCCOc1ccc(CN(Cc2cc[n+](C)cc2)C(=O)c2ccccc2)cc1OC. The molecule has 0 bridgehead atoms. The maximum Gasteiger partial charge on any atom is 0.254 e. The molecule has 2 aromatic carbocycles. The van der Waals surface area contributed by atoms with Crippen LogP contribution in [-0.4, -0.2) is 24.5 Å². The summed E-state index contributed by atoms with van der Waals surface area (Å²) in [6.45, 7) is 3.97. The van der Waals surface area contributed by atoms with Gasteiger partial charge in [0.15, 0.2) is 23.9 Å². The molecule has 0 unspecified atom stereocenters. The molecule has 0 saturated heterocycles. The number of carbonyl (C=O) groups excluding carboxylic acids is 1. The summed E-state index contributed by atoms with van der Waals surface area (Å²) in [6.07, 6.45) is 22.8. The number of unbranched alkanes of at least 4 members (excludes halogenated alkanes) is 13. The van der Waals surface area contributed by atoms with E-state index in [1.807, 2.05) is 77.4 Å². The molecule has 3 rings (SSSR count). The van der Waals surface area contributed by atoms with Gasteiger partial charge in [0.2, 0.25) is 0 Å². The van der Waals surface area contributed by atoms with Crippen molar-refractivity contribution in [3.8, 4) is 11.5 Å². The number of hydrogen-bond donors (Lipinski definition) is 0. The van der Waals surface area contributed by atoms with Crippen molar-refractivity contribution in [3.63, 3.8) is 0 Å². The van der Waals surface area contributed by atoms with E-state index in [-0.39, 0.29) is 5.91 Å². The van der Waals surface area contributed by atoms with E-state index in [1.54, 1.807) is 7.11 Å². The molecular weight excluding hydrogens is 532 g/mol. The highest BCUT2D eigenvalue weighted by molar-refractivity contribution is 5.94. The first-order valence-corrected chi connectivity index (χ1v) is 16.7. The summed E-state index contributed by atoms with van der Waals surface area (Å²) in [7, 11) is 3.67. The van der Waals surface area contributed by atoms with Crippen LogP contribution in [0.2, 0.25) is 0 Å². The smallest absolute Gasteiger partial charge is 0.254 e. The molecule has 3 aromatic rings. The van der Waals surface area contributed by atoms with Gasteiger partial charge in [0.05, 0.1) is 13.7 Å². The molecule has 0 aliphatic rings. The molecule has 1 amide bonds. The number of rotatable bonds is 22.